The Balaban J connectivity index is 2.51. The molecule has 3 N–H and O–H groups in total. The van der Waals surface area contributed by atoms with Gasteiger partial charge < -0.3 is 10.1 Å². The first-order valence-electron chi connectivity index (χ1n) is 5.99. The maximum absolute atomic E-state index is 10.8. The van der Waals surface area contributed by atoms with Gasteiger partial charge >= 0.3 is 0 Å². The van der Waals surface area contributed by atoms with Crippen molar-refractivity contribution in [1.29, 1.82) is 0 Å². The summed E-state index contributed by atoms with van der Waals surface area (Å²) in [5, 5.41) is 2.99. The minimum absolute atomic E-state index is 0.284. The van der Waals surface area contributed by atoms with Gasteiger partial charge in [0.1, 0.15) is 17.5 Å². The van der Waals surface area contributed by atoms with Crippen LogP contribution >= 0.6 is 11.8 Å². The quantitative estimate of drug-likeness (QED) is 0.268. The van der Waals surface area contributed by atoms with Gasteiger partial charge in [-0.1, -0.05) is 18.7 Å². The van der Waals surface area contributed by atoms with E-state index < -0.39 is 0 Å². The number of amidine groups is 1. The minimum atomic E-state index is -0.284. The summed E-state index contributed by atoms with van der Waals surface area (Å²) in [6.07, 6.45) is 6.47. The Kier molecular flexibility index (Phi) is 7.17. The van der Waals surface area contributed by atoms with E-state index in [1.54, 1.807) is 13.1 Å². The van der Waals surface area contributed by atoms with Crippen LogP contribution in [-0.2, 0) is 4.79 Å². The molecular formula is C13H20N4OS. The van der Waals surface area contributed by atoms with Crippen LogP contribution in [0.2, 0.25) is 0 Å². The number of carbonyl (C=O) groups excluding carboxylic acids is 1. The number of hydrogen-bond acceptors (Lipinski definition) is 6. The molecule has 1 unspecified atom stereocenters. The Morgan fingerprint density at radius 3 is 3.05 bits per heavy atom. The summed E-state index contributed by atoms with van der Waals surface area (Å²) in [6, 6.07) is 0. The van der Waals surface area contributed by atoms with E-state index in [4.69, 9.17) is 0 Å². The van der Waals surface area contributed by atoms with Crippen LogP contribution in [0.4, 0.5) is 0 Å². The molecule has 1 atom stereocenters. The first kappa shape index (κ1) is 15.7. The van der Waals surface area contributed by atoms with Crippen molar-refractivity contribution in [2.45, 2.75) is 12.3 Å². The molecule has 0 aromatic rings. The van der Waals surface area contributed by atoms with Crippen LogP contribution in [0.15, 0.2) is 41.1 Å². The van der Waals surface area contributed by atoms with Crippen molar-refractivity contribution in [3.8, 4) is 0 Å². The molecule has 0 aromatic heterocycles. The van der Waals surface area contributed by atoms with Crippen molar-refractivity contribution < 1.29 is 4.79 Å². The summed E-state index contributed by atoms with van der Waals surface area (Å²) in [5.41, 5.74) is 7.84. The largest absolute Gasteiger partial charge is 0.343 e. The van der Waals surface area contributed by atoms with E-state index in [2.05, 4.69) is 27.7 Å². The van der Waals surface area contributed by atoms with Crippen LogP contribution in [0.3, 0.4) is 0 Å². The Bertz CT molecular complexity index is 415. The molecule has 0 saturated carbocycles. The first-order valence-corrected chi connectivity index (χ1v) is 7.04. The van der Waals surface area contributed by atoms with Crippen molar-refractivity contribution in [1.82, 2.24) is 16.2 Å². The molecule has 1 aliphatic heterocycles. The number of aliphatic imine (C=N–C) groups is 1. The van der Waals surface area contributed by atoms with Crippen LogP contribution in [-0.4, -0.2) is 36.8 Å². The van der Waals surface area contributed by atoms with Gasteiger partial charge in [-0.15, -0.1) is 11.8 Å². The van der Waals surface area contributed by atoms with E-state index in [9.17, 15) is 4.79 Å². The lowest BCUT2D eigenvalue weighted by Crippen LogP contribution is -2.38. The molecule has 0 saturated heterocycles. The molecule has 1 aliphatic rings. The fraction of sp³-hybridized carbons (Fsp3) is 0.385. The predicted octanol–water partition coefficient (Wildman–Crippen LogP) is 0.986. The average Bonchev–Trinajstić information content (AvgIpc) is 2.43. The first-order chi connectivity index (χ1) is 9.21. The number of aldehydes is 1. The number of hydrazine groups is 1. The molecule has 1 rings (SSSR count). The highest BCUT2D eigenvalue weighted by Gasteiger charge is 2.12. The van der Waals surface area contributed by atoms with Gasteiger partial charge in [0.2, 0.25) is 0 Å². The molecule has 6 heteroatoms. The van der Waals surface area contributed by atoms with E-state index in [0.29, 0.717) is 12.3 Å². The highest BCUT2D eigenvalue weighted by molar-refractivity contribution is 8.01. The molecule has 0 spiro atoms. The lowest BCUT2D eigenvalue weighted by Gasteiger charge is -2.19. The third kappa shape index (κ3) is 5.42. The van der Waals surface area contributed by atoms with Crippen molar-refractivity contribution in [3.63, 3.8) is 0 Å². The molecule has 19 heavy (non-hydrogen) atoms. The van der Waals surface area contributed by atoms with Crippen LogP contribution in [0, 0.1) is 0 Å². The van der Waals surface area contributed by atoms with Gasteiger partial charge in [-0.05, 0) is 25.6 Å². The Morgan fingerprint density at radius 2 is 2.42 bits per heavy atom. The third-order valence-corrected chi connectivity index (χ3v) is 3.48. The van der Waals surface area contributed by atoms with E-state index in [1.165, 1.54) is 17.3 Å². The second-order valence-electron chi connectivity index (χ2n) is 3.94. The summed E-state index contributed by atoms with van der Waals surface area (Å²) in [6.45, 7) is 6.38. The second-order valence-corrected chi connectivity index (χ2v) is 5.07. The molecule has 5 nitrogen and oxygen atoms in total. The number of rotatable bonds is 8. The fourth-order valence-corrected chi connectivity index (χ4v) is 2.24. The van der Waals surface area contributed by atoms with E-state index in [1.807, 2.05) is 19.1 Å². The predicted molar refractivity (Wildman–Crippen MR) is 82.0 cm³/mol. The molecule has 0 aliphatic carbocycles. The SMILES string of the molecule is C=C/C=C\C1=C(C)CN=C(CSC(C=O)NNC)N1. The van der Waals surface area contributed by atoms with Crippen LogP contribution in [0.1, 0.15) is 6.92 Å². The fourth-order valence-electron chi connectivity index (χ4n) is 1.46. The normalized spacial score (nSPS) is 17.1. The zero-order valence-electron chi connectivity index (χ0n) is 11.3. The van der Waals surface area contributed by atoms with Crippen LogP contribution < -0.4 is 16.2 Å². The van der Waals surface area contributed by atoms with Crippen molar-refractivity contribution in [2.75, 3.05) is 19.3 Å². The van der Waals surface area contributed by atoms with Crippen LogP contribution in [0.25, 0.3) is 0 Å². The number of allylic oxidation sites excluding steroid dienone is 3. The molecule has 0 amide bonds. The Hall–Kier alpha value is -1.37. The molecule has 104 valence electrons. The van der Waals surface area contributed by atoms with Crippen molar-refractivity contribution in [2.24, 2.45) is 4.99 Å². The maximum atomic E-state index is 10.8. The van der Waals surface area contributed by atoms with Crippen molar-refractivity contribution >= 4 is 23.9 Å². The second kappa shape index (κ2) is 8.68. The summed E-state index contributed by atoms with van der Waals surface area (Å²) in [5.74, 6) is 1.53. The number of nitrogens with one attached hydrogen (secondary N) is 3. The van der Waals surface area contributed by atoms with Gasteiger partial charge in [0.15, 0.2) is 0 Å². The van der Waals surface area contributed by atoms with Gasteiger partial charge in [0.25, 0.3) is 0 Å². The monoisotopic (exact) mass is 280 g/mol. The minimum Gasteiger partial charge on any atom is -0.343 e. The summed E-state index contributed by atoms with van der Waals surface area (Å²) in [7, 11) is 1.73. The number of thioether (sulfide) groups is 1. The lowest BCUT2D eigenvalue weighted by atomic mass is 10.2. The standard InChI is InChI=1S/C13H20N4OS/c1-4-5-6-11-10(2)7-15-12(16-11)9-19-13(8-18)17-14-3/h4-6,8,13-14,17H,1,7,9H2,2-3H3,(H,15,16)/b6-5-. The number of carbonyl (C=O) groups is 1. The van der Waals surface area contributed by atoms with Gasteiger partial charge in [0.05, 0.1) is 12.3 Å². The molecule has 0 bridgehead atoms. The van der Waals surface area contributed by atoms with E-state index >= 15 is 0 Å². The summed E-state index contributed by atoms with van der Waals surface area (Å²) < 4.78 is 0. The van der Waals surface area contributed by atoms with Gasteiger partial charge in [-0.2, -0.15) is 0 Å². The summed E-state index contributed by atoms with van der Waals surface area (Å²) in [4.78, 5) is 15.2. The highest BCUT2D eigenvalue weighted by atomic mass is 32.2. The zero-order valence-corrected chi connectivity index (χ0v) is 12.1. The van der Waals surface area contributed by atoms with E-state index in [0.717, 1.165) is 17.8 Å². The highest BCUT2D eigenvalue weighted by Crippen LogP contribution is 2.12. The van der Waals surface area contributed by atoms with Crippen molar-refractivity contribution in [3.05, 3.63) is 36.1 Å². The number of hydrogen-bond donors (Lipinski definition) is 3. The lowest BCUT2D eigenvalue weighted by molar-refractivity contribution is -0.108. The maximum Gasteiger partial charge on any atom is 0.148 e. The van der Waals surface area contributed by atoms with Gasteiger partial charge in [-0.25, -0.2) is 5.43 Å². The topological polar surface area (TPSA) is 65.5 Å². The zero-order chi connectivity index (χ0) is 14.1. The molecule has 0 aromatic carbocycles. The average molecular weight is 280 g/mol. The molecule has 1 heterocycles. The molecule has 0 fully saturated rings. The van der Waals surface area contributed by atoms with Crippen LogP contribution in [0.5, 0.6) is 0 Å². The smallest absolute Gasteiger partial charge is 0.148 e. The number of nitrogens with zero attached hydrogens (tertiary/aromatic N) is 1. The third-order valence-electron chi connectivity index (χ3n) is 2.45. The van der Waals surface area contributed by atoms with Gasteiger partial charge in [0, 0.05) is 5.70 Å². The molecular weight excluding hydrogens is 260 g/mol. The Labute approximate surface area is 118 Å². The summed E-state index contributed by atoms with van der Waals surface area (Å²) >= 11 is 1.48. The van der Waals surface area contributed by atoms with Gasteiger partial charge in [-0.3, -0.25) is 10.4 Å². The van der Waals surface area contributed by atoms with E-state index in [-0.39, 0.29) is 5.37 Å². The Morgan fingerprint density at radius 1 is 1.63 bits per heavy atom. The molecule has 0 radical (unpaired) electrons.